The summed E-state index contributed by atoms with van der Waals surface area (Å²) in [6.07, 6.45) is 0. The number of hydrogen-bond acceptors (Lipinski definition) is 3. The Morgan fingerprint density at radius 3 is 2.17 bits per heavy atom. The lowest BCUT2D eigenvalue weighted by Crippen LogP contribution is -2.41. The summed E-state index contributed by atoms with van der Waals surface area (Å²) in [5.74, 6) is -0.235. The zero-order valence-corrected chi connectivity index (χ0v) is 11.4. The van der Waals surface area contributed by atoms with Gasteiger partial charge >= 0.3 is 7.12 Å². The van der Waals surface area contributed by atoms with Gasteiger partial charge in [0.2, 0.25) is 0 Å². The summed E-state index contributed by atoms with van der Waals surface area (Å²) in [6.45, 7) is 7.83. The van der Waals surface area contributed by atoms with Crippen LogP contribution in [0.3, 0.4) is 0 Å². The Morgan fingerprint density at radius 2 is 1.67 bits per heavy atom. The van der Waals surface area contributed by atoms with E-state index in [-0.39, 0.29) is 5.75 Å². The minimum absolute atomic E-state index is 0.177. The van der Waals surface area contributed by atoms with Crippen LogP contribution in [0, 0.1) is 5.82 Å². The van der Waals surface area contributed by atoms with Crippen molar-refractivity contribution in [2.45, 2.75) is 38.9 Å². The maximum Gasteiger partial charge on any atom is 0.498 e. The fraction of sp³-hybridized carbons (Fsp3) is 0.538. The Bertz CT molecular complexity index is 444. The Hall–Kier alpha value is -1.07. The molecule has 98 valence electrons. The van der Waals surface area contributed by atoms with Gasteiger partial charge in [-0.15, -0.1) is 0 Å². The van der Waals surface area contributed by atoms with Crippen molar-refractivity contribution in [3.05, 3.63) is 24.0 Å². The normalized spacial score (nSPS) is 21.1. The molecule has 1 heterocycles. The molecule has 3 nitrogen and oxygen atoms in total. The molecular formula is C13H18BFO3. The van der Waals surface area contributed by atoms with E-state index in [0.717, 1.165) is 0 Å². The Balaban J connectivity index is 2.38. The summed E-state index contributed by atoms with van der Waals surface area (Å²) in [4.78, 5) is 0. The van der Waals surface area contributed by atoms with E-state index in [1.54, 1.807) is 12.1 Å². The maximum atomic E-state index is 13.7. The first kappa shape index (κ1) is 13.4. The first-order valence-corrected chi connectivity index (χ1v) is 5.96. The minimum atomic E-state index is -0.611. The number of rotatable bonds is 2. The zero-order chi connectivity index (χ0) is 13.6. The van der Waals surface area contributed by atoms with Crippen LogP contribution in [0.1, 0.15) is 27.7 Å². The molecule has 0 spiro atoms. The quantitative estimate of drug-likeness (QED) is 0.754. The molecule has 1 aliphatic rings. The molecule has 18 heavy (non-hydrogen) atoms. The van der Waals surface area contributed by atoms with Gasteiger partial charge in [0, 0.05) is 5.46 Å². The fourth-order valence-corrected chi connectivity index (χ4v) is 1.90. The second-order valence-corrected chi connectivity index (χ2v) is 5.45. The summed E-state index contributed by atoms with van der Waals surface area (Å²) in [7, 11) is 0.827. The third-order valence-corrected chi connectivity index (χ3v) is 3.71. The Kier molecular flexibility index (Phi) is 3.15. The van der Waals surface area contributed by atoms with Crippen LogP contribution in [-0.2, 0) is 9.31 Å². The van der Waals surface area contributed by atoms with E-state index in [2.05, 4.69) is 0 Å². The van der Waals surface area contributed by atoms with Gasteiger partial charge in [0.15, 0.2) is 11.6 Å². The number of hydrogen-bond donors (Lipinski definition) is 0. The molecule has 1 aromatic carbocycles. The molecule has 0 N–H and O–H groups in total. The van der Waals surface area contributed by atoms with E-state index in [9.17, 15) is 4.39 Å². The summed E-state index contributed by atoms with van der Waals surface area (Å²) < 4.78 is 30.5. The van der Waals surface area contributed by atoms with Crippen LogP contribution in [0.5, 0.6) is 5.75 Å². The van der Waals surface area contributed by atoms with E-state index >= 15 is 0 Å². The number of halogens is 1. The van der Waals surface area contributed by atoms with Crippen LogP contribution >= 0.6 is 0 Å². The number of ether oxygens (including phenoxy) is 1. The lowest BCUT2D eigenvalue weighted by atomic mass is 9.78. The molecule has 0 unspecified atom stereocenters. The molecule has 0 saturated carbocycles. The second-order valence-electron chi connectivity index (χ2n) is 5.45. The predicted molar refractivity (Wildman–Crippen MR) is 68.7 cm³/mol. The standard InChI is InChI=1S/C13H18BFO3/c1-12(2)13(3,4)18-14(17-12)9-7-6-8-10(15)11(9)16-5/h6-8H,1-5H3. The molecule has 0 aromatic heterocycles. The van der Waals surface area contributed by atoms with Gasteiger partial charge in [-0.25, -0.2) is 4.39 Å². The third kappa shape index (κ3) is 2.02. The molecule has 0 bridgehead atoms. The van der Waals surface area contributed by atoms with E-state index in [1.165, 1.54) is 13.2 Å². The highest BCUT2D eigenvalue weighted by molar-refractivity contribution is 6.63. The average Bonchev–Trinajstić information content (AvgIpc) is 2.47. The smallest absolute Gasteiger partial charge is 0.494 e. The van der Waals surface area contributed by atoms with Crippen LogP contribution < -0.4 is 10.2 Å². The largest absolute Gasteiger partial charge is 0.498 e. The first-order valence-electron chi connectivity index (χ1n) is 5.96. The summed E-state index contributed by atoms with van der Waals surface area (Å²) >= 11 is 0. The molecule has 1 saturated heterocycles. The second kappa shape index (κ2) is 4.25. The van der Waals surface area contributed by atoms with Crippen LogP contribution in [0.15, 0.2) is 18.2 Å². The van der Waals surface area contributed by atoms with E-state index in [0.29, 0.717) is 5.46 Å². The van der Waals surface area contributed by atoms with Gasteiger partial charge in [0.25, 0.3) is 0 Å². The lowest BCUT2D eigenvalue weighted by molar-refractivity contribution is 0.00578. The van der Waals surface area contributed by atoms with Crippen molar-refractivity contribution in [2.75, 3.05) is 7.11 Å². The van der Waals surface area contributed by atoms with Gasteiger partial charge in [-0.3, -0.25) is 0 Å². The van der Waals surface area contributed by atoms with Crippen molar-refractivity contribution < 1.29 is 18.4 Å². The van der Waals surface area contributed by atoms with Crippen LogP contribution in [0.2, 0.25) is 0 Å². The Labute approximate surface area is 107 Å². The molecule has 1 fully saturated rings. The monoisotopic (exact) mass is 252 g/mol. The highest BCUT2D eigenvalue weighted by atomic mass is 19.1. The van der Waals surface area contributed by atoms with Gasteiger partial charge in [0.05, 0.1) is 18.3 Å². The number of benzene rings is 1. The van der Waals surface area contributed by atoms with Crippen LogP contribution in [0.25, 0.3) is 0 Å². The highest BCUT2D eigenvalue weighted by Gasteiger charge is 2.52. The molecule has 0 aliphatic carbocycles. The molecule has 2 rings (SSSR count). The van der Waals surface area contributed by atoms with E-state index in [1.807, 2.05) is 27.7 Å². The van der Waals surface area contributed by atoms with Gasteiger partial charge in [-0.1, -0.05) is 12.1 Å². The molecule has 5 heteroatoms. The molecule has 0 atom stereocenters. The predicted octanol–water partition coefficient (Wildman–Crippen LogP) is 2.13. The molecule has 0 amide bonds. The van der Waals surface area contributed by atoms with Gasteiger partial charge in [0.1, 0.15) is 0 Å². The summed E-state index contributed by atoms with van der Waals surface area (Å²) in [5, 5.41) is 0. The summed E-state index contributed by atoms with van der Waals surface area (Å²) in [5.41, 5.74) is -0.319. The maximum absolute atomic E-state index is 13.7. The van der Waals surface area contributed by atoms with Gasteiger partial charge in [-0.2, -0.15) is 0 Å². The van der Waals surface area contributed by atoms with Crippen molar-refractivity contribution in [3.8, 4) is 5.75 Å². The van der Waals surface area contributed by atoms with Crippen molar-refractivity contribution in [1.29, 1.82) is 0 Å². The highest BCUT2D eigenvalue weighted by Crippen LogP contribution is 2.37. The van der Waals surface area contributed by atoms with Crippen molar-refractivity contribution in [1.82, 2.24) is 0 Å². The third-order valence-electron chi connectivity index (χ3n) is 3.71. The molecule has 0 radical (unpaired) electrons. The Morgan fingerprint density at radius 1 is 1.11 bits per heavy atom. The van der Waals surface area contributed by atoms with E-state index in [4.69, 9.17) is 14.0 Å². The number of methoxy groups -OCH3 is 1. The van der Waals surface area contributed by atoms with E-state index < -0.39 is 24.1 Å². The van der Waals surface area contributed by atoms with Crippen molar-refractivity contribution >= 4 is 12.6 Å². The fourth-order valence-electron chi connectivity index (χ4n) is 1.90. The van der Waals surface area contributed by atoms with Crippen LogP contribution in [0.4, 0.5) is 4.39 Å². The first-order chi connectivity index (χ1) is 8.28. The van der Waals surface area contributed by atoms with Crippen LogP contribution in [-0.4, -0.2) is 25.4 Å². The SMILES string of the molecule is COc1c(F)cccc1B1OC(C)(C)C(C)(C)O1. The van der Waals surface area contributed by atoms with Gasteiger partial charge < -0.3 is 14.0 Å². The van der Waals surface area contributed by atoms with Crippen molar-refractivity contribution in [3.63, 3.8) is 0 Å². The minimum Gasteiger partial charge on any atom is -0.494 e. The number of para-hydroxylation sites is 1. The summed E-state index contributed by atoms with van der Waals surface area (Å²) in [6, 6.07) is 4.73. The molecule has 1 aliphatic heterocycles. The average molecular weight is 252 g/mol. The lowest BCUT2D eigenvalue weighted by Gasteiger charge is -2.32. The zero-order valence-electron chi connectivity index (χ0n) is 11.4. The molecule has 1 aromatic rings. The van der Waals surface area contributed by atoms with Crippen molar-refractivity contribution in [2.24, 2.45) is 0 Å². The molecular weight excluding hydrogens is 234 g/mol. The van der Waals surface area contributed by atoms with Gasteiger partial charge in [-0.05, 0) is 33.8 Å². The topological polar surface area (TPSA) is 27.7 Å².